The van der Waals surface area contributed by atoms with Crippen LogP contribution in [0.25, 0.3) is 0 Å². The van der Waals surface area contributed by atoms with E-state index in [9.17, 15) is 0 Å². The number of benzene rings is 1. The number of halogens is 1. The Morgan fingerprint density at radius 1 is 1.32 bits per heavy atom. The highest BCUT2D eigenvalue weighted by Crippen LogP contribution is 2.33. The Morgan fingerprint density at radius 2 is 2.00 bits per heavy atom. The number of methoxy groups -OCH3 is 2. The van der Waals surface area contributed by atoms with Gasteiger partial charge in [0.05, 0.1) is 20.8 Å². The monoisotopic (exact) mass is 322 g/mol. The highest BCUT2D eigenvalue weighted by atomic mass is 79.9. The first-order chi connectivity index (χ1) is 9.19. The maximum atomic E-state index is 8.91. The van der Waals surface area contributed by atoms with E-state index in [0.717, 1.165) is 10.0 Å². The second-order valence-electron chi connectivity index (χ2n) is 3.69. The van der Waals surface area contributed by atoms with Crippen molar-refractivity contribution in [3.63, 3.8) is 0 Å². The summed E-state index contributed by atoms with van der Waals surface area (Å²) in [7, 11) is 3.16. The van der Waals surface area contributed by atoms with Crippen molar-refractivity contribution in [2.45, 2.75) is 6.54 Å². The van der Waals surface area contributed by atoms with Crippen LogP contribution in [0.5, 0.6) is 11.5 Å². The zero-order chi connectivity index (χ0) is 13.8. The summed E-state index contributed by atoms with van der Waals surface area (Å²) in [5.74, 6) is 1.54. The third kappa shape index (κ3) is 2.69. The van der Waals surface area contributed by atoms with Gasteiger partial charge in [0.1, 0.15) is 12.4 Å². The molecule has 0 aliphatic heterocycles. The molecule has 0 amide bonds. The van der Waals surface area contributed by atoms with Crippen LogP contribution < -0.4 is 9.47 Å². The van der Waals surface area contributed by atoms with Crippen molar-refractivity contribution in [1.82, 2.24) is 14.8 Å². The van der Waals surface area contributed by atoms with E-state index in [2.05, 4.69) is 26.1 Å². The maximum absolute atomic E-state index is 8.91. The van der Waals surface area contributed by atoms with Gasteiger partial charge >= 0.3 is 0 Å². The van der Waals surface area contributed by atoms with Crippen molar-refractivity contribution in [2.75, 3.05) is 14.2 Å². The van der Waals surface area contributed by atoms with E-state index in [1.807, 2.05) is 18.2 Å². The summed E-state index contributed by atoms with van der Waals surface area (Å²) >= 11 is 3.47. The van der Waals surface area contributed by atoms with Crippen LogP contribution in [0.15, 0.2) is 22.9 Å². The second kappa shape index (κ2) is 5.71. The minimum absolute atomic E-state index is 0.265. The molecule has 0 aliphatic carbocycles. The van der Waals surface area contributed by atoms with E-state index in [4.69, 9.17) is 14.7 Å². The lowest BCUT2D eigenvalue weighted by Gasteiger charge is -2.12. The SMILES string of the molecule is COc1cc(Br)c(Cn2cnnc2C#N)cc1OC. The zero-order valence-corrected chi connectivity index (χ0v) is 12.0. The first-order valence-electron chi connectivity index (χ1n) is 5.38. The molecule has 0 radical (unpaired) electrons. The van der Waals surface area contributed by atoms with Gasteiger partial charge in [-0.3, -0.25) is 0 Å². The van der Waals surface area contributed by atoms with Crippen molar-refractivity contribution in [2.24, 2.45) is 0 Å². The van der Waals surface area contributed by atoms with Crippen LogP contribution in [-0.2, 0) is 6.54 Å². The molecule has 0 unspecified atom stereocenters. The van der Waals surface area contributed by atoms with Crippen LogP contribution >= 0.6 is 15.9 Å². The van der Waals surface area contributed by atoms with Gasteiger partial charge in [0.2, 0.25) is 5.82 Å². The highest BCUT2D eigenvalue weighted by molar-refractivity contribution is 9.10. The third-order valence-electron chi connectivity index (χ3n) is 2.61. The molecule has 0 spiro atoms. The summed E-state index contributed by atoms with van der Waals surface area (Å²) in [4.78, 5) is 0. The van der Waals surface area contributed by atoms with Crippen molar-refractivity contribution < 1.29 is 9.47 Å². The molecule has 0 saturated carbocycles. The minimum atomic E-state index is 0.265. The van der Waals surface area contributed by atoms with Gasteiger partial charge in [0.25, 0.3) is 0 Å². The van der Waals surface area contributed by atoms with Crippen molar-refractivity contribution in [1.29, 1.82) is 5.26 Å². The molecule has 6 nitrogen and oxygen atoms in total. The Hall–Kier alpha value is -2.07. The lowest BCUT2D eigenvalue weighted by atomic mass is 10.2. The molecule has 19 heavy (non-hydrogen) atoms. The predicted octanol–water partition coefficient (Wildman–Crippen LogP) is 1.98. The summed E-state index contributed by atoms with van der Waals surface area (Å²) in [5, 5.41) is 16.3. The van der Waals surface area contributed by atoms with E-state index >= 15 is 0 Å². The van der Waals surface area contributed by atoms with Gasteiger partial charge in [-0.2, -0.15) is 5.26 Å². The van der Waals surface area contributed by atoms with Gasteiger partial charge in [0.15, 0.2) is 11.5 Å². The summed E-state index contributed by atoms with van der Waals surface area (Å²) in [5.41, 5.74) is 0.939. The van der Waals surface area contributed by atoms with E-state index in [1.165, 1.54) is 6.33 Å². The fourth-order valence-electron chi connectivity index (χ4n) is 1.66. The smallest absolute Gasteiger partial charge is 0.235 e. The zero-order valence-electron chi connectivity index (χ0n) is 10.4. The highest BCUT2D eigenvalue weighted by Gasteiger charge is 2.11. The fourth-order valence-corrected chi connectivity index (χ4v) is 2.11. The Labute approximate surface area is 118 Å². The average molecular weight is 323 g/mol. The first-order valence-corrected chi connectivity index (χ1v) is 6.17. The average Bonchev–Trinajstić information content (AvgIpc) is 2.87. The molecule has 2 rings (SSSR count). The molecule has 1 aromatic heterocycles. The minimum Gasteiger partial charge on any atom is -0.493 e. The van der Waals surface area contributed by atoms with E-state index in [0.29, 0.717) is 18.0 Å². The molecule has 0 bridgehead atoms. The summed E-state index contributed by atoms with van der Waals surface area (Å²) in [6, 6.07) is 5.66. The third-order valence-corrected chi connectivity index (χ3v) is 3.35. The quantitative estimate of drug-likeness (QED) is 0.860. The molecule has 0 fully saturated rings. The van der Waals surface area contributed by atoms with Crippen LogP contribution in [0, 0.1) is 11.3 Å². The van der Waals surface area contributed by atoms with Crippen LogP contribution in [-0.4, -0.2) is 29.0 Å². The molecule has 0 atom stereocenters. The summed E-state index contributed by atoms with van der Waals surface area (Å²) in [6.45, 7) is 0.469. The predicted molar refractivity (Wildman–Crippen MR) is 71.1 cm³/mol. The van der Waals surface area contributed by atoms with Gasteiger partial charge < -0.3 is 14.0 Å². The van der Waals surface area contributed by atoms with Crippen LogP contribution in [0.3, 0.4) is 0 Å². The van der Waals surface area contributed by atoms with Crippen LogP contribution in [0.2, 0.25) is 0 Å². The number of ether oxygens (including phenoxy) is 2. The van der Waals surface area contributed by atoms with Gasteiger partial charge in [-0.25, -0.2) is 0 Å². The standard InChI is InChI=1S/C12H11BrN4O2/c1-18-10-3-8(9(13)4-11(10)19-2)6-17-7-15-16-12(17)5-14/h3-4,7H,6H2,1-2H3. The van der Waals surface area contributed by atoms with Gasteiger partial charge in [-0.15, -0.1) is 10.2 Å². The Bertz CT molecular complexity index is 633. The molecule has 0 N–H and O–H groups in total. The first kappa shape index (κ1) is 13.4. The number of rotatable bonds is 4. The summed E-state index contributed by atoms with van der Waals surface area (Å²) in [6.07, 6.45) is 1.52. The molecule has 2 aromatic rings. The van der Waals surface area contributed by atoms with E-state index in [1.54, 1.807) is 18.8 Å². The number of hydrogen-bond acceptors (Lipinski definition) is 5. The topological polar surface area (TPSA) is 73.0 Å². The van der Waals surface area contributed by atoms with Crippen molar-refractivity contribution in [3.8, 4) is 17.6 Å². The molecular weight excluding hydrogens is 312 g/mol. The molecule has 7 heteroatoms. The lowest BCUT2D eigenvalue weighted by molar-refractivity contribution is 0.354. The Morgan fingerprint density at radius 3 is 2.63 bits per heavy atom. The van der Waals surface area contributed by atoms with Crippen molar-refractivity contribution in [3.05, 3.63) is 34.3 Å². The molecule has 98 valence electrons. The summed E-state index contributed by atoms with van der Waals surface area (Å²) < 4.78 is 13.0. The maximum Gasteiger partial charge on any atom is 0.235 e. The normalized spacial score (nSPS) is 10.0. The lowest BCUT2D eigenvalue weighted by Crippen LogP contribution is -2.03. The van der Waals surface area contributed by atoms with Crippen molar-refractivity contribution >= 4 is 15.9 Å². The molecule has 0 saturated heterocycles. The van der Waals surface area contributed by atoms with Crippen LogP contribution in [0.1, 0.15) is 11.4 Å². The second-order valence-corrected chi connectivity index (χ2v) is 4.55. The Kier molecular flexibility index (Phi) is 4.02. The number of aromatic nitrogens is 3. The van der Waals surface area contributed by atoms with Gasteiger partial charge in [-0.05, 0) is 17.7 Å². The molecular formula is C12H11BrN4O2. The van der Waals surface area contributed by atoms with Gasteiger partial charge in [-0.1, -0.05) is 15.9 Å². The van der Waals surface area contributed by atoms with Crippen LogP contribution in [0.4, 0.5) is 0 Å². The number of nitrogens with zero attached hydrogens (tertiary/aromatic N) is 4. The molecule has 1 heterocycles. The van der Waals surface area contributed by atoms with E-state index < -0.39 is 0 Å². The number of hydrogen-bond donors (Lipinski definition) is 0. The van der Waals surface area contributed by atoms with E-state index in [-0.39, 0.29) is 5.82 Å². The molecule has 0 aliphatic rings. The number of nitriles is 1. The molecule has 1 aromatic carbocycles. The fraction of sp³-hybridized carbons (Fsp3) is 0.250. The Balaban J connectivity index is 2.38. The largest absolute Gasteiger partial charge is 0.493 e. The van der Waals surface area contributed by atoms with Gasteiger partial charge in [0, 0.05) is 4.47 Å².